The zero-order valence-electron chi connectivity index (χ0n) is 9.87. The summed E-state index contributed by atoms with van der Waals surface area (Å²) in [6.07, 6.45) is 2.44. The molecular formula is C13H14ClN3. The van der Waals surface area contributed by atoms with E-state index in [1.807, 2.05) is 31.3 Å². The van der Waals surface area contributed by atoms with Crippen LogP contribution in [0, 0.1) is 0 Å². The predicted molar refractivity (Wildman–Crippen MR) is 71.4 cm³/mol. The second-order valence-corrected chi connectivity index (χ2v) is 4.10. The average Bonchev–Trinajstić information content (AvgIpc) is 2.37. The molecule has 4 heteroatoms. The Kier molecular flexibility index (Phi) is 3.59. The van der Waals surface area contributed by atoms with E-state index < -0.39 is 0 Å². The van der Waals surface area contributed by atoms with E-state index in [0.29, 0.717) is 5.02 Å². The second-order valence-electron chi connectivity index (χ2n) is 3.66. The normalized spacial score (nSPS) is 10.3. The molecule has 0 radical (unpaired) electrons. The number of hydrogen-bond donors (Lipinski definition) is 1. The summed E-state index contributed by atoms with van der Waals surface area (Å²) in [5.74, 6) is 0.873. The van der Waals surface area contributed by atoms with E-state index >= 15 is 0 Å². The van der Waals surface area contributed by atoms with Crippen LogP contribution in [0.25, 0.3) is 11.3 Å². The summed E-state index contributed by atoms with van der Waals surface area (Å²) in [7, 11) is 1.86. The van der Waals surface area contributed by atoms with Crippen molar-refractivity contribution in [2.75, 3.05) is 12.4 Å². The maximum atomic E-state index is 6.00. The molecule has 0 aliphatic rings. The number of nitrogens with one attached hydrogen (secondary N) is 1. The van der Waals surface area contributed by atoms with Crippen LogP contribution < -0.4 is 5.32 Å². The van der Waals surface area contributed by atoms with Crippen LogP contribution in [0.3, 0.4) is 0 Å². The van der Waals surface area contributed by atoms with Gasteiger partial charge >= 0.3 is 0 Å². The van der Waals surface area contributed by atoms with Crippen LogP contribution in [0.5, 0.6) is 0 Å². The third-order valence-corrected chi connectivity index (χ3v) is 2.87. The van der Waals surface area contributed by atoms with Gasteiger partial charge in [-0.3, -0.25) is 0 Å². The SMILES string of the molecule is CCc1c(NC)ncnc1-c1cccc(Cl)c1. The molecule has 88 valence electrons. The smallest absolute Gasteiger partial charge is 0.132 e. The fourth-order valence-corrected chi connectivity index (χ4v) is 2.04. The lowest BCUT2D eigenvalue weighted by molar-refractivity contribution is 1.05. The summed E-state index contributed by atoms with van der Waals surface area (Å²) in [6, 6.07) is 7.71. The molecule has 1 N–H and O–H groups in total. The topological polar surface area (TPSA) is 37.8 Å². The summed E-state index contributed by atoms with van der Waals surface area (Å²) >= 11 is 6.00. The molecule has 3 nitrogen and oxygen atoms in total. The minimum absolute atomic E-state index is 0.717. The average molecular weight is 248 g/mol. The van der Waals surface area contributed by atoms with Crippen molar-refractivity contribution in [2.24, 2.45) is 0 Å². The second kappa shape index (κ2) is 5.15. The minimum Gasteiger partial charge on any atom is -0.373 e. The first-order valence-corrected chi connectivity index (χ1v) is 5.91. The maximum Gasteiger partial charge on any atom is 0.132 e. The molecule has 0 saturated heterocycles. The molecule has 0 aliphatic carbocycles. The molecule has 0 bridgehead atoms. The van der Waals surface area contributed by atoms with E-state index in [-0.39, 0.29) is 0 Å². The number of anilines is 1. The first-order chi connectivity index (χ1) is 8.26. The van der Waals surface area contributed by atoms with Crippen molar-refractivity contribution in [1.82, 2.24) is 9.97 Å². The van der Waals surface area contributed by atoms with E-state index in [4.69, 9.17) is 11.6 Å². The van der Waals surface area contributed by atoms with Gasteiger partial charge in [0.05, 0.1) is 5.69 Å². The lowest BCUT2D eigenvalue weighted by Gasteiger charge is -2.11. The van der Waals surface area contributed by atoms with Gasteiger partial charge in [-0.1, -0.05) is 30.7 Å². The molecule has 0 saturated carbocycles. The van der Waals surface area contributed by atoms with E-state index in [1.54, 1.807) is 6.33 Å². The van der Waals surface area contributed by atoms with Crippen LogP contribution in [-0.4, -0.2) is 17.0 Å². The third-order valence-electron chi connectivity index (χ3n) is 2.63. The number of hydrogen-bond acceptors (Lipinski definition) is 3. The Morgan fingerprint density at radius 2 is 2.12 bits per heavy atom. The fourth-order valence-electron chi connectivity index (χ4n) is 1.85. The number of benzene rings is 1. The Morgan fingerprint density at radius 3 is 2.76 bits per heavy atom. The van der Waals surface area contributed by atoms with Crippen molar-refractivity contribution < 1.29 is 0 Å². The van der Waals surface area contributed by atoms with Crippen molar-refractivity contribution >= 4 is 17.4 Å². The van der Waals surface area contributed by atoms with Gasteiger partial charge < -0.3 is 5.32 Å². The van der Waals surface area contributed by atoms with Crippen molar-refractivity contribution in [3.8, 4) is 11.3 Å². The van der Waals surface area contributed by atoms with Crippen molar-refractivity contribution in [2.45, 2.75) is 13.3 Å². The Bertz CT molecular complexity index is 526. The zero-order chi connectivity index (χ0) is 12.3. The van der Waals surface area contributed by atoms with Crippen LogP contribution in [-0.2, 0) is 6.42 Å². The standard InChI is InChI=1S/C13H14ClN3/c1-3-11-12(16-8-17-13(11)15-2)9-5-4-6-10(14)7-9/h4-8H,3H2,1-2H3,(H,15,16,17). The lowest BCUT2D eigenvalue weighted by atomic mass is 10.0. The highest BCUT2D eigenvalue weighted by atomic mass is 35.5. The lowest BCUT2D eigenvalue weighted by Crippen LogP contribution is -2.02. The molecule has 2 aromatic rings. The van der Waals surface area contributed by atoms with Gasteiger partial charge in [-0.2, -0.15) is 0 Å². The van der Waals surface area contributed by atoms with Gasteiger partial charge in [-0.05, 0) is 18.6 Å². The molecule has 1 heterocycles. The molecule has 0 amide bonds. The quantitative estimate of drug-likeness (QED) is 0.903. The molecular weight excluding hydrogens is 234 g/mol. The van der Waals surface area contributed by atoms with Gasteiger partial charge in [-0.15, -0.1) is 0 Å². The molecule has 0 fully saturated rings. The van der Waals surface area contributed by atoms with Crippen molar-refractivity contribution in [3.63, 3.8) is 0 Å². The van der Waals surface area contributed by atoms with Gasteiger partial charge in [0, 0.05) is 23.2 Å². The highest BCUT2D eigenvalue weighted by Gasteiger charge is 2.10. The van der Waals surface area contributed by atoms with E-state index in [0.717, 1.165) is 29.1 Å². The van der Waals surface area contributed by atoms with Gasteiger partial charge in [0.25, 0.3) is 0 Å². The molecule has 1 aromatic carbocycles. The van der Waals surface area contributed by atoms with Crippen LogP contribution in [0.1, 0.15) is 12.5 Å². The molecule has 2 rings (SSSR count). The minimum atomic E-state index is 0.717. The predicted octanol–water partition coefficient (Wildman–Crippen LogP) is 3.40. The van der Waals surface area contributed by atoms with Crippen LogP contribution in [0.15, 0.2) is 30.6 Å². The molecule has 0 unspecified atom stereocenters. The largest absolute Gasteiger partial charge is 0.373 e. The van der Waals surface area contributed by atoms with E-state index in [1.165, 1.54) is 0 Å². The number of rotatable bonds is 3. The van der Waals surface area contributed by atoms with Crippen molar-refractivity contribution in [1.29, 1.82) is 0 Å². The zero-order valence-corrected chi connectivity index (χ0v) is 10.6. The Hall–Kier alpha value is -1.61. The molecule has 1 aromatic heterocycles. The number of aromatic nitrogens is 2. The van der Waals surface area contributed by atoms with E-state index in [9.17, 15) is 0 Å². The molecule has 0 aliphatic heterocycles. The summed E-state index contributed by atoms with van der Waals surface area (Å²) < 4.78 is 0. The summed E-state index contributed by atoms with van der Waals surface area (Å²) in [5, 5.41) is 3.80. The highest BCUT2D eigenvalue weighted by molar-refractivity contribution is 6.30. The summed E-state index contributed by atoms with van der Waals surface area (Å²) in [5.41, 5.74) is 3.07. The molecule has 17 heavy (non-hydrogen) atoms. The first kappa shape index (κ1) is 11.9. The fraction of sp³-hybridized carbons (Fsp3) is 0.231. The monoisotopic (exact) mass is 247 g/mol. The highest BCUT2D eigenvalue weighted by Crippen LogP contribution is 2.27. The Morgan fingerprint density at radius 1 is 1.29 bits per heavy atom. The van der Waals surface area contributed by atoms with Crippen LogP contribution >= 0.6 is 11.6 Å². The van der Waals surface area contributed by atoms with E-state index in [2.05, 4.69) is 22.2 Å². The Labute approximate surface area is 106 Å². The van der Waals surface area contributed by atoms with Gasteiger partial charge in [-0.25, -0.2) is 9.97 Å². The number of halogens is 1. The summed E-state index contributed by atoms with van der Waals surface area (Å²) in [4.78, 5) is 8.58. The maximum absolute atomic E-state index is 6.00. The van der Waals surface area contributed by atoms with Crippen LogP contribution in [0.4, 0.5) is 5.82 Å². The number of nitrogens with zero attached hydrogens (tertiary/aromatic N) is 2. The molecule has 0 atom stereocenters. The van der Waals surface area contributed by atoms with Crippen LogP contribution in [0.2, 0.25) is 5.02 Å². The van der Waals surface area contributed by atoms with Gasteiger partial charge in [0.1, 0.15) is 12.1 Å². The summed E-state index contributed by atoms with van der Waals surface area (Å²) in [6.45, 7) is 2.09. The van der Waals surface area contributed by atoms with Gasteiger partial charge in [0.15, 0.2) is 0 Å². The van der Waals surface area contributed by atoms with Crippen molar-refractivity contribution in [3.05, 3.63) is 41.2 Å². The first-order valence-electron chi connectivity index (χ1n) is 5.53. The third kappa shape index (κ3) is 2.39. The Balaban J connectivity index is 2.59. The molecule has 0 spiro atoms. The van der Waals surface area contributed by atoms with Gasteiger partial charge in [0.2, 0.25) is 0 Å².